The lowest BCUT2D eigenvalue weighted by Gasteiger charge is -2.24. The number of hydrogen-bond donors (Lipinski definition) is 8. The lowest BCUT2D eigenvalue weighted by Crippen LogP contribution is -2.58. The topological polar surface area (TPSA) is 223 Å². The van der Waals surface area contributed by atoms with Crippen LogP contribution in [-0.2, 0) is 19.2 Å². The van der Waals surface area contributed by atoms with Crippen LogP contribution in [0.4, 0.5) is 0 Å². The van der Waals surface area contributed by atoms with Crippen molar-refractivity contribution >= 4 is 23.7 Å². The highest BCUT2D eigenvalue weighted by atomic mass is 16.4. The molecule has 0 rings (SSSR count). The van der Waals surface area contributed by atoms with Crippen molar-refractivity contribution in [2.45, 2.75) is 83.0 Å². The van der Waals surface area contributed by atoms with Gasteiger partial charge in [0.05, 0.1) is 12.6 Å². The summed E-state index contributed by atoms with van der Waals surface area (Å²) in [6.07, 6.45) is 3.42. The van der Waals surface area contributed by atoms with E-state index in [1.54, 1.807) is 0 Å². The maximum absolute atomic E-state index is 12.8. The summed E-state index contributed by atoms with van der Waals surface area (Å²) >= 11 is 0. The van der Waals surface area contributed by atoms with Gasteiger partial charge in [-0.1, -0.05) is 20.3 Å². The number of hydrogen-bond acceptors (Lipinski definition) is 8. The van der Waals surface area contributed by atoms with Gasteiger partial charge in [-0.25, -0.2) is 4.79 Å². The zero-order chi connectivity index (χ0) is 25.4. The number of nitrogens with one attached hydrogen (secondary N) is 3. The Labute approximate surface area is 195 Å². The number of carbonyl (C=O) groups is 4. The molecule has 0 aliphatic carbocycles. The minimum Gasteiger partial charge on any atom is -0.480 e. The number of carboxylic acid groups (broad SMARTS) is 1. The number of carboxylic acids is 1. The fourth-order valence-corrected chi connectivity index (χ4v) is 3.11. The smallest absolute Gasteiger partial charge is 0.326 e. The van der Waals surface area contributed by atoms with Crippen molar-refractivity contribution in [3.63, 3.8) is 0 Å². The Bertz CT molecular complexity index is 618. The third kappa shape index (κ3) is 13.1. The fourth-order valence-electron chi connectivity index (χ4n) is 3.11. The summed E-state index contributed by atoms with van der Waals surface area (Å²) in [5.74, 6) is -3.22. The largest absolute Gasteiger partial charge is 0.480 e. The Morgan fingerprint density at radius 3 is 1.73 bits per heavy atom. The first-order valence-corrected chi connectivity index (χ1v) is 11.5. The summed E-state index contributed by atoms with van der Waals surface area (Å²) < 4.78 is 0. The number of unbranched alkanes of at least 4 members (excludes halogenated alkanes) is 2. The second-order valence-corrected chi connectivity index (χ2v) is 8.51. The van der Waals surface area contributed by atoms with Crippen LogP contribution in [0.1, 0.15) is 58.8 Å². The van der Waals surface area contributed by atoms with Crippen LogP contribution in [0.3, 0.4) is 0 Å². The molecule has 0 aromatic rings. The number of aliphatic hydroxyl groups excluding tert-OH is 1. The molecule has 0 radical (unpaired) electrons. The van der Waals surface area contributed by atoms with Crippen LogP contribution < -0.4 is 33.2 Å². The van der Waals surface area contributed by atoms with Gasteiger partial charge < -0.3 is 43.4 Å². The van der Waals surface area contributed by atoms with E-state index in [1.807, 2.05) is 13.8 Å². The Morgan fingerprint density at radius 1 is 0.758 bits per heavy atom. The summed E-state index contributed by atoms with van der Waals surface area (Å²) in [4.78, 5) is 49.1. The third-order valence-corrected chi connectivity index (χ3v) is 5.02. The summed E-state index contributed by atoms with van der Waals surface area (Å²) in [5.41, 5.74) is 16.8. The van der Waals surface area contributed by atoms with Gasteiger partial charge in [0.1, 0.15) is 18.1 Å². The number of nitrogens with two attached hydrogens (primary N) is 3. The van der Waals surface area contributed by atoms with Crippen molar-refractivity contribution in [2.24, 2.45) is 23.1 Å². The monoisotopic (exact) mass is 474 g/mol. The second kappa shape index (κ2) is 17.2. The van der Waals surface area contributed by atoms with E-state index in [4.69, 9.17) is 17.2 Å². The molecule has 192 valence electrons. The summed E-state index contributed by atoms with van der Waals surface area (Å²) in [7, 11) is 0. The molecule has 0 aromatic heterocycles. The molecule has 33 heavy (non-hydrogen) atoms. The van der Waals surface area contributed by atoms with Gasteiger partial charge in [-0.15, -0.1) is 0 Å². The van der Waals surface area contributed by atoms with Gasteiger partial charge in [-0.05, 0) is 57.5 Å². The van der Waals surface area contributed by atoms with E-state index in [0.29, 0.717) is 38.8 Å². The number of rotatable bonds is 18. The SMILES string of the molecule is CC(C)CC(NC(=O)C(CO)NC(=O)C(CCCCN)NC(=O)C(N)CCCCN)C(=O)O. The summed E-state index contributed by atoms with van der Waals surface area (Å²) in [5, 5.41) is 26.2. The molecule has 0 aliphatic heterocycles. The average molecular weight is 475 g/mol. The predicted octanol–water partition coefficient (Wildman–Crippen LogP) is -1.85. The van der Waals surface area contributed by atoms with Crippen LogP contribution in [0.5, 0.6) is 0 Å². The minimum atomic E-state index is -1.38. The molecule has 0 aliphatic rings. The molecule has 0 spiro atoms. The van der Waals surface area contributed by atoms with Crippen LogP contribution in [0.25, 0.3) is 0 Å². The molecule has 0 saturated heterocycles. The number of aliphatic hydroxyl groups is 1. The van der Waals surface area contributed by atoms with Crippen LogP contribution in [0.2, 0.25) is 0 Å². The highest BCUT2D eigenvalue weighted by molar-refractivity contribution is 5.94. The average Bonchev–Trinajstić information content (AvgIpc) is 2.75. The first-order chi connectivity index (χ1) is 15.6. The Balaban J connectivity index is 5.18. The summed E-state index contributed by atoms with van der Waals surface area (Å²) in [6.45, 7) is 3.77. The van der Waals surface area contributed by atoms with Crippen molar-refractivity contribution in [1.29, 1.82) is 0 Å². The standard InChI is InChI=1S/C21H42N6O6/c1-13(2)11-16(21(32)33)26-20(31)17(12-28)27-19(30)15(8-4-6-10-23)25-18(29)14(24)7-3-5-9-22/h13-17,28H,3-12,22-24H2,1-2H3,(H,25,29)(H,26,31)(H,27,30)(H,32,33). The molecule has 0 heterocycles. The number of aliphatic carboxylic acids is 1. The predicted molar refractivity (Wildman–Crippen MR) is 124 cm³/mol. The number of carbonyl (C=O) groups excluding carboxylic acids is 3. The van der Waals surface area contributed by atoms with Crippen LogP contribution >= 0.6 is 0 Å². The molecular formula is C21H42N6O6. The van der Waals surface area contributed by atoms with Crippen molar-refractivity contribution in [3.8, 4) is 0 Å². The van der Waals surface area contributed by atoms with Crippen LogP contribution in [-0.4, -0.2) is 77.8 Å². The zero-order valence-corrected chi connectivity index (χ0v) is 19.7. The molecule has 0 fully saturated rings. The molecule has 0 aromatic carbocycles. The molecule has 3 amide bonds. The van der Waals surface area contributed by atoms with E-state index in [0.717, 1.165) is 6.42 Å². The molecule has 0 saturated carbocycles. The summed E-state index contributed by atoms with van der Waals surface area (Å²) in [6, 6.07) is -4.34. The highest BCUT2D eigenvalue weighted by Crippen LogP contribution is 2.07. The first kappa shape index (κ1) is 30.7. The molecule has 12 nitrogen and oxygen atoms in total. The molecular weight excluding hydrogens is 432 g/mol. The van der Waals surface area contributed by atoms with Gasteiger partial charge in [-0.3, -0.25) is 14.4 Å². The van der Waals surface area contributed by atoms with E-state index in [2.05, 4.69) is 16.0 Å². The van der Waals surface area contributed by atoms with Gasteiger partial charge in [0.25, 0.3) is 0 Å². The maximum atomic E-state index is 12.8. The molecule has 4 unspecified atom stereocenters. The van der Waals surface area contributed by atoms with E-state index in [9.17, 15) is 29.4 Å². The van der Waals surface area contributed by atoms with Crippen LogP contribution in [0, 0.1) is 5.92 Å². The molecule has 11 N–H and O–H groups in total. The molecule has 0 bridgehead atoms. The van der Waals surface area contributed by atoms with Crippen LogP contribution in [0.15, 0.2) is 0 Å². The van der Waals surface area contributed by atoms with Gasteiger partial charge in [0, 0.05) is 0 Å². The minimum absolute atomic E-state index is 0.00441. The third-order valence-electron chi connectivity index (χ3n) is 5.02. The van der Waals surface area contributed by atoms with E-state index in [-0.39, 0.29) is 18.8 Å². The van der Waals surface area contributed by atoms with Gasteiger partial charge in [0.15, 0.2) is 0 Å². The van der Waals surface area contributed by atoms with Crippen molar-refractivity contribution in [2.75, 3.05) is 19.7 Å². The van der Waals surface area contributed by atoms with E-state index < -0.39 is 54.5 Å². The lowest BCUT2D eigenvalue weighted by molar-refractivity contribution is -0.143. The Morgan fingerprint density at radius 2 is 1.24 bits per heavy atom. The van der Waals surface area contributed by atoms with E-state index >= 15 is 0 Å². The van der Waals surface area contributed by atoms with Gasteiger partial charge in [0.2, 0.25) is 17.7 Å². The van der Waals surface area contributed by atoms with E-state index in [1.165, 1.54) is 0 Å². The first-order valence-electron chi connectivity index (χ1n) is 11.5. The molecule has 4 atom stereocenters. The fraction of sp³-hybridized carbons (Fsp3) is 0.810. The molecule has 12 heteroatoms. The normalized spacial score (nSPS) is 14.8. The zero-order valence-electron chi connectivity index (χ0n) is 19.7. The van der Waals surface area contributed by atoms with Crippen molar-refractivity contribution in [3.05, 3.63) is 0 Å². The van der Waals surface area contributed by atoms with Crippen molar-refractivity contribution in [1.82, 2.24) is 16.0 Å². The Kier molecular flexibility index (Phi) is 16.0. The quantitative estimate of drug-likeness (QED) is 0.104. The van der Waals surface area contributed by atoms with Gasteiger partial charge in [-0.2, -0.15) is 0 Å². The number of amides is 3. The second-order valence-electron chi connectivity index (χ2n) is 8.51. The maximum Gasteiger partial charge on any atom is 0.326 e. The van der Waals surface area contributed by atoms with Gasteiger partial charge >= 0.3 is 5.97 Å². The highest BCUT2D eigenvalue weighted by Gasteiger charge is 2.30. The van der Waals surface area contributed by atoms with Crippen molar-refractivity contribution < 1.29 is 29.4 Å². The lowest BCUT2D eigenvalue weighted by atomic mass is 10.0. The Hall–Kier alpha value is -2.28.